The van der Waals surface area contributed by atoms with Gasteiger partial charge in [0, 0.05) is 11.8 Å². The van der Waals surface area contributed by atoms with E-state index in [1.807, 2.05) is 57.3 Å². The largest absolute Gasteiger partial charge is 0.444 e. The van der Waals surface area contributed by atoms with E-state index < -0.39 is 0 Å². The van der Waals surface area contributed by atoms with Gasteiger partial charge in [0.1, 0.15) is 18.4 Å². The molecule has 0 saturated heterocycles. The van der Waals surface area contributed by atoms with Crippen molar-refractivity contribution >= 4 is 0 Å². The minimum Gasteiger partial charge on any atom is -0.444 e. The number of halogens is 1. The summed E-state index contributed by atoms with van der Waals surface area (Å²) in [5.41, 5.74) is 7.39. The fraction of sp³-hybridized carbons (Fsp3) is 0.308. The molecule has 0 N–H and O–H groups in total. The minimum absolute atomic E-state index is 0.143. The Morgan fingerprint density at radius 3 is 1.94 bits per heavy atom. The van der Waals surface area contributed by atoms with Gasteiger partial charge in [0.25, 0.3) is 0 Å². The lowest BCUT2D eigenvalue weighted by Crippen LogP contribution is -2.13. The van der Waals surface area contributed by atoms with E-state index in [1.54, 1.807) is 17.1 Å². The third kappa shape index (κ3) is 9.28. The molecule has 0 aliphatic carbocycles. The van der Waals surface area contributed by atoms with Gasteiger partial charge in [-0.05, 0) is 73.7 Å². The number of rotatable bonds is 3. The molecule has 0 bridgehead atoms. The van der Waals surface area contributed by atoms with E-state index in [1.165, 1.54) is 35.2 Å². The topological polar surface area (TPSA) is 82.5 Å². The number of pyridine rings is 1. The second-order valence-corrected chi connectivity index (χ2v) is 14.3. The van der Waals surface area contributed by atoms with Gasteiger partial charge in [0.15, 0.2) is 0 Å². The molecule has 244 valence electrons. The Bertz CT molecular complexity index is 1830. The highest BCUT2D eigenvalue weighted by atomic mass is 19.1. The van der Waals surface area contributed by atoms with Gasteiger partial charge in [-0.1, -0.05) is 117 Å². The fourth-order valence-electron chi connectivity index (χ4n) is 4.99. The van der Waals surface area contributed by atoms with Crippen LogP contribution >= 0.6 is 0 Å². The molecular weight excluding hydrogens is 587 g/mol. The number of benzene rings is 3. The summed E-state index contributed by atoms with van der Waals surface area (Å²) in [6.45, 7) is 19.4. The Hall–Kier alpha value is -4.98. The molecule has 0 amide bonds. The van der Waals surface area contributed by atoms with Crippen molar-refractivity contribution in [3.63, 3.8) is 0 Å². The molecule has 0 aliphatic heterocycles. The summed E-state index contributed by atoms with van der Waals surface area (Å²) < 4.78 is 20.7. The highest BCUT2D eigenvalue weighted by Gasteiger charge is 2.23. The summed E-state index contributed by atoms with van der Waals surface area (Å²) in [5.74, 6) is 0.0397. The van der Waals surface area contributed by atoms with Gasteiger partial charge in [-0.25, -0.2) is 14.1 Å². The molecule has 0 aliphatic rings. The first-order valence-corrected chi connectivity index (χ1v) is 15.7. The lowest BCUT2D eigenvalue weighted by Gasteiger charge is -2.22. The predicted octanol–water partition coefficient (Wildman–Crippen LogP) is 9.78. The van der Waals surface area contributed by atoms with E-state index in [9.17, 15) is 4.39 Å². The molecule has 47 heavy (non-hydrogen) atoms. The number of tetrazole rings is 1. The Balaban J connectivity index is 0.000000160. The van der Waals surface area contributed by atoms with Crippen LogP contribution in [-0.4, -0.2) is 30.2 Å². The van der Waals surface area contributed by atoms with Gasteiger partial charge in [-0.2, -0.15) is 0 Å². The summed E-state index contributed by atoms with van der Waals surface area (Å²) in [5, 5.41) is 11.1. The summed E-state index contributed by atoms with van der Waals surface area (Å²) in [4.78, 5) is 8.44. The fourth-order valence-corrected chi connectivity index (χ4v) is 4.99. The normalized spacial score (nSPS) is 11.6. The standard InChI is InChI=1S/C15H17N.C13H14FNO.C11H14N4/c1-15(2,3)13-9-5-4-8-12(13)14-10-6-7-11-16-14;1-13(2,3)9-5-4-6-10(14)11(9)12-15-7-8-16-12;1-11(2,3)9-5-4-6-10(7-9)15-8-12-13-14-15/h4-11H,1-3H3;4-8H,1-3H3;4-8H,1-3H3. The number of aromatic nitrogens is 6. The van der Waals surface area contributed by atoms with Gasteiger partial charge in [-0.15, -0.1) is 5.10 Å². The van der Waals surface area contributed by atoms with Crippen molar-refractivity contribution < 1.29 is 8.81 Å². The monoisotopic (exact) mass is 632 g/mol. The van der Waals surface area contributed by atoms with Gasteiger partial charge in [0.05, 0.1) is 23.1 Å². The minimum atomic E-state index is -0.296. The molecule has 0 unspecified atom stereocenters. The highest BCUT2D eigenvalue weighted by molar-refractivity contribution is 5.65. The van der Waals surface area contributed by atoms with Crippen LogP contribution in [-0.2, 0) is 16.2 Å². The highest BCUT2D eigenvalue weighted by Crippen LogP contribution is 2.34. The molecule has 3 heterocycles. The summed E-state index contributed by atoms with van der Waals surface area (Å²) in [6, 6.07) is 27.8. The van der Waals surface area contributed by atoms with E-state index in [2.05, 4.69) is 110 Å². The number of hydrogen-bond donors (Lipinski definition) is 0. The maximum Gasteiger partial charge on any atom is 0.229 e. The SMILES string of the molecule is CC(C)(C)c1cccc(-n2cnnn2)c1.CC(C)(C)c1cccc(F)c1-c1ncco1.CC(C)(C)c1ccccc1-c1ccccn1. The van der Waals surface area contributed by atoms with E-state index in [4.69, 9.17) is 4.42 Å². The number of nitrogens with zero attached hydrogens (tertiary/aromatic N) is 6. The van der Waals surface area contributed by atoms with Crippen LogP contribution in [0.4, 0.5) is 4.39 Å². The lowest BCUT2D eigenvalue weighted by atomic mass is 9.83. The van der Waals surface area contributed by atoms with Crippen LogP contribution < -0.4 is 0 Å². The average Bonchev–Trinajstić information content (AvgIpc) is 3.77. The van der Waals surface area contributed by atoms with Gasteiger partial charge in [0.2, 0.25) is 5.89 Å². The smallest absolute Gasteiger partial charge is 0.229 e. The Morgan fingerprint density at radius 1 is 0.660 bits per heavy atom. The van der Waals surface area contributed by atoms with E-state index in [0.717, 1.165) is 16.9 Å². The zero-order chi connectivity index (χ0) is 34.2. The molecule has 7 nitrogen and oxygen atoms in total. The van der Waals surface area contributed by atoms with Crippen LogP contribution in [0, 0.1) is 5.82 Å². The summed E-state index contributed by atoms with van der Waals surface area (Å²) in [6.07, 6.45) is 6.42. The van der Waals surface area contributed by atoms with E-state index >= 15 is 0 Å². The third-order valence-electron chi connectivity index (χ3n) is 7.47. The summed E-state index contributed by atoms with van der Waals surface area (Å²) >= 11 is 0. The third-order valence-corrected chi connectivity index (χ3v) is 7.47. The van der Waals surface area contributed by atoms with Crippen molar-refractivity contribution in [3.8, 4) is 28.4 Å². The van der Waals surface area contributed by atoms with Crippen molar-refractivity contribution in [3.05, 3.63) is 132 Å². The quantitative estimate of drug-likeness (QED) is 0.193. The van der Waals surface area contributed by atoms with Crippen molar-refractivity contribution in [2.24, 2.45) is 0 Å². The predicted molar refractivity (Wildman–Crippen MR) is 187 cm³/mol. The second-order valence-electron chi connectivity index (χ2n) is 14.3. The molecular formula is C39H45FN6O. The van der Waals surface area contributed by atoms with Crippen LogP contribution in [0.1, 0.15) is 79.0 Å². The molecule has 6 aromatic rings. The van der Waals surface area contributed by atoms with Crippen LogP contribution in [0.15, 0.2) is 114 Å². The van der Waals surface area contributed by atoms with Gasteiger partial charge < -0.3 is 4.42 Å². The average molecular weight is 633 g/mol. The first-order valence-electron chi connectivity index (χ1n) is 15.7. The van der Waals surface area contributed by atoms with Crippen LogP contribution in [0.2, 0.25) is 0 Å². The molecule has 0 radical (unpaired) electrons. The van der Waals surface area contributed by atoms with Crippen LogP contribution in [0.3, 0.4) is 0 Å². The molecule has 0 spiro atoms. The van der Waals surface area contributed by atoms with Gasteiger partial charge in [-0.3, -0.25) is 4.98 Å². The zero-order valence-corrected chi connectivity index (χ0v) is 28.9. The molecule has 8 heteroatoms. The van der Waals surface area contributed by atoms with Crippen molar-refractivity contribution in [2.45, 2.75) is 78.6 Å². The zero-order valence-electron chi connectivity index (χ0n) is 28.9. The molecule has 3 aromatic carbocycles. The molecule has 0 saturated carbocycles. The number of oxazole rings is 1. The Morgan fingerprint density at radius 2 is 1.34 bits per heavy atom. The molecule has 0 atom stereocenters. The Labute approximate surface area is 277 Å². The first-order chi connectivity index (χ1) is 22.2. The van der Waals surface area contributed by atoms with Crippen LogP contribution in [0.25, 0.3) is 28.4 Å². The maximum absolute atomic E-state index is 13.8. The van der Waals surface area contributed by atoms with Crippen LogP contribution in [0.5, 0.6) is 0 Å². The summed E-state index contributed by atoms with van der Waals surface area (Å²) in [7, 11) is 0. The first kappa shape index (κ1) is 34.9. The number of hydrogen-bond acceptors (Lipinski definition) is 6. The van der Waals surface area contributed by atoms with Gasteiger partial charge >= 0.3 is 0 Å². The van der Waals surface area contributed by atoms with E-state index in [-0.39, 0.29) is 22.1 Å². The van der Waals surface area contributed by atoms with Crippen molar-refractivity contribution in [1.82, 2.24) is 30.2 Å². The molecule has 3 aromatic heterocycles. The van der Waals surface area contributed by atoms with Crippen molar-refractivity contribution in [2.75, 3.05) is 0 Å². The van der Waals surface area contributed by atoms with Crippen molar-refractivity contribution in [1.29, 1.82) is 0 Å². The Kier molecular flexibility index (Phi) is 10.9. The molecule has 0 fully saturated rings. The maximum atomic E-state index is 13.8. The van der Waals surface area contributed by atoms with E-state index in [0.29, 0.717) is 11.5 Å². The lowest BCUT2D eigenvalue weighted by molar-refractivity contribution is 0.543. The second kappa shape index (κ2) is 14.6. The molecule has 6 rings (SSSR count).